The van der Waals surface area contributed by atoms with E-state index in [1.165, 1.54) is 4.90 Å². The third kappa shape index (κ3) is 1.99. The van der Waals surface area contributed by atoms with Crippen molar-refractivity contribution in [2.24, 2.45) is 0 Å². The van der Waals surface area contributed by atoms with Gasteiger partial charge in [0.25, 0.3) is 11.8 Å². The highest BCUT2D eigenvalue weighted by Gasteiger charge is 2.38. The van der Waals surface area contributed by atoms with Crippen molar-refractivity contribution in [2.75, 3.05) is 10.6 Å². The molecule has 0 radical (unpaired) electrons. The molecule has 1 aliphatic rings. The molecule has 112 valence electrons. The monoisotopic (exact) mass is 294 g/mol. The summed E-state index contributed by atoms with van der Waals surface area (Å²) in [6.45, 7) is 4.04. The molecule has 0 saturated heterocycles. The van der Waals surface area contributed by atoms with Crippen molar-refractivity contribution in [2.45, 2.75) is 26.7 Å². The molecule has 22 heavy (non-hydrogen) atoms. The molecule has 0 atom stereocenters. The Labute approximate surface area is 129 Å². The molecule has 0 aromatic heterocycles. The highest BCUT2D eigenvalue weighted by Crippen LogP contribution is 2.34. The lowest BCUT2D eigenvalue weighted by molar-refractivity contribution is 0.0925. The van der Waals surface area contributed by atoms with E-state index >= 15 is 0 Å². The fourth-order valence-electron chi connectivity index (χ4n) is 2.96. The Balaban J connectivity index is 2.20. The zero-order chi connectivity index (χ0) is 15.9. The molecule has 2 aromatic carbocycles. The Hall–Kier alpha value is -2.62. The third-order valence-corrected chi connectivity index (χ3v) is 4.10. The van der Waals surface area contributed by atoms with E-state index in [0.29, 0.717) is 16.8 Å². The molecular formula is C18H18N2O2. The van der Waals surface area contributed by atoms with Crippen LogP contribution < -0.4 is 10.6 Å². The zero-order valence-electron chi connectivity index (χ0n) is 12.7. The minimum absolute atomic E-state index is 0.268. The number of anilines is 2. The summed E-state index contributed by atoms with van der Waals surface area (Å²) in [5.74, 6) is -0.557. The first kappa shape index (κ1) is 14.3. The maximum Gasteiger partial charge on any atom is 0.266 e. The average Bonchev–Trinajstić information content (AvgIpc) is 2.77. The van der Waals surface area contributed by atoms with Crippen LogP contribution in [0.2, 0.25) is 0 Å². The topological polar surface area (TPSA) is 63.4 Å². The Morgan fingerprint density at radius 2 is 1.50 bits per heavy atom. The van der Waals surface area contributed by atoms with Crippen LogP contribution in [0.5, 0.6) is 0 Å². The number of nitrogens with zero attached hydrogens (tertiary/aromatic N) is 1. The third-order valence-electron chi connectivity index (χ3n) is 4.10. The number of carbonyl (C=O) groups is 2. The molecule has 0 unspecified atom stereocenters. The number of hydrogen-bond acceptors (Lipinski definition) is 3. The number of amides is 2. The van der Waals surface area contributed by atoms with Gasteiger partial charge in [0, 0.05) is 5.69 Å². The fourth-order valence-corrected chi connectivity index (χ4v) is 2.96. The van der Waals surface area contributed by atoms with Crippen LogP contribution in [0.4, 0.5) is 11.4 Å². The van der Waals surface area contributed by atoms with E-state index in [0.717, 1.165) is 29.7 Å². The van der Waals surface area contributed by atoms with Gasteiger partial charge in [0.2, 0.25) is 0 Å². The number of hydrogen-bond donors (Lipinski definition) is 1. The van der Waals surface area contributed by atoms with Crippen LogP contribution in [0.3, 0.4) is 0 Å². The molecule has 2 N–H and O–H groups in total. The molecule has 0 saturated carbocycles. The highest BCUT2D eigenvalue weighted by atomic mass is 16.2. The zero-order valence-corrected chi connectivity index (χ0v) is 12.7. The van der Waals surface area contributed by atoms with E-state index in [-0.39, 0.29) is 11.8 Å². The summed E-state index contributed by atoms with van der Waals surface area (Å²) in [7, 11) is 0. The van der Waals surface area contributed by atoms with Gasteiger partial charge in [0.1, 0.15) is 0 Å². The molecular weight excluding hydrogens is 276 g/mol. The summed E-state index contributed by atoms with van der Waals surface area (Å²) in [5.41, 5.74) is 9.79. The molecule has 4 nitrogen and oxygen atoms in total. The van der Waals surface area contributed by atoms with Crippen LogP contribution in [0.1, 0.15) is 45.7 Å². The van der Waals surface area contributed by atoms with E-state index in [1.54, 1.807) is 18.2 Å². The molecule has 3 rings (SSSR count). The summed E-state index contributed by atoms with van der Waals surface area (Å²) in [6.07, 6.45) is 1.53. The number of benzene rings is 2. The maximum absolute atomic E-state index is 12.7. The van der Waals surface area contributed by atoms with Crippen LogP contribution >= 0.6 is 0 Å². The lowest BCUT2D eigenvalue weighted by Gasteiger charge is -2.21. The normalized spacial score (nSPS) is 13.6. The smallest absolute Gasteiger partial charge is 0.266 e. The van der Waals surface area contributed by atoms with Gasteiger partial charge in [0.15, 0.2) is 0 Å². The van der Waals surface area contributed by atoms with Crippen LogP contribution in [-0.2, 0) is 12.8 Å². The molecule has 0 fully saturated rings. The second kappa shape index (κ2) is 5.30. The van der Waals surface area contributed by atoms with Gasteiger partial charge in [-0.3, -0.25) is 9.59 Å². The molecule has 0 aliphatic carbocycles. The van der Waals surface area contributed by atoms with Gasteiger partial charge in [-0.1, -0.05) is 32.0 Å². The number of para-hydroxylation sites is 1. The lowest BCUT2D eigenvalue weighted by Crippen LogP contribution is -2.31. The first-order chi connectivity index (χ1) is 10.6. The Bertz CT molecular complexity index is 758. The van der Waals surface area contributed by atoms with Crippen molar-refractivity contribution in [3.63, 3.8) is 0 Å². The predicted octanol–water partition coefficient (Wildman–Crippen LogP) is 3.19. The SMILES string of the molecule is CCc1cccc(CC)c1N1C(=O)c2ccc(N)cc2C1=O. The molecule has 2 amide bonds. The second-order valence-corrected chi connectivity index (χ2v) is 5.38. The van der Waals surface area contributed by atoms with E-state index in [4.69, 9.17) is 5.73 Å². The number of nitrogen functional groups attached to an aromatic ring is 1. The Morgan fingerprint density at radius 3 is 2.09 bits per heavy atom. The average molecular weight is 294 g/mol. The minimum atomic E-state index is -0.289. The van der Waals surface area contributed by atoms with E-state index < -0.39 is 0 Å². The standard InChI is InChI=1S/C18H18N2O2/c1-3-11-6-5-7-12(4-2)16(11)20-17(21)14-9-8-13(19)10-15(14)18(20)22/h5-10H,3-4,19H2,1-2H3. The van der Waals surface area contributed by atoms with E-state index in [2.05, 4.69) is 0 Å². The van der Waals surface area contributed by atoms with Gasteiger partial charge in [-0.25, -0.2) is 4.90 Å². The highest BCUT2D eigenvalue weighted by molar-refractivity contribution is 6.35. The molecule has 1 heterocycles. The minimum Gasteiger partial charge on any atom is -0.399 e. The van der Waals surface area contributed by atoms with Crippen LogP contribution in [0.25, 0.3) is 0 Å². The molecule has 4 heteroatoms. The maximum atomic E-state index is 12.7. The van der Waals surface area contributed by atoms with Gasteiger partial charge >= 0.3 is 0 Å². The van der Waals surface area contributed by atoms with Crippen molar-refractivity contribution in [3.05, 3.63) is 58.7 Å². The fraction of sp³-hybridized carbons (Fsp3) is 0.222. The number of carbonyl (C=O) groups excluding carboxylic acids is 2. The van der Waals surface area contributed by atoms with Gasteiger partial charge in [-0.05, 0) is 42.2 Å². The molecule has 0 bridgehead atoms. The van der Waals surface area contributed by atoms with Gasteiger partial charge in [0.05, 0.1) is 16.8 Å². The Kier molecular flexibility index (Phi) is 3.45. The summed E-state index contributed by atoms with van der Waals surface area (Å²) >= 11 is 0. The first-order valence-electron chi connectivity index (χ1n) is 7.47. The van der Waals surface area contributed by atoms with Crippen molar-refractivity contribution in [1.29, 1.82) is 0 Å². The quantitative estimate of drug-likeness (QED) is 0.698. The summed E-state index contributed by atoms with van der Waals surface area (Å²) in [5, 5.41) is 0. The summed E-state index contributed by atoms with van der Waals surface area (Å²) in [4.78, 5) is 26.8. The number of rotatable bonds is 3. The second-order valence-electron chi connectivity index (χ2n) is 5.38. The number of nitrogens with two attached hydrogens (primary N) is 1. The lowest BCUT2D eigenvalue weighted by atomic mass is 10.0. The van der Waals surface area contributed by atoms with E-state index in [1.807, 2.05) is 32.0 Å². The van der Waals surface area contributed by atoms with Gasteiger partial charge in [-0.2, -0.15) is 0 Å². The summed E-state index contributed by atoms with van der Waals surface area (Å²) < 4.78 is 0. The molecule has 0 spiro atoms. The Morgan fingerprint density at radius 1 is 0.909 bits per heavy atom. The molecule has 2 aromatic rings. The van der Waals surface area contributed by atoms with Crippen molar-refractivity contribution >= 4 is 23.2 Å². The van der Waals surface area contributed by atoms with Gasteiger partial charge in [-0.15, -0.1) is 0 Å². The first-order valence-corrected chi connectivity index (χ1v) is 7.47. The van der Waals surface area contributed by atoms with Crippen molar-refractivity contribution in [1.82, 2.24) is 0 Å². The van der Waals surface area contributed by atoms with Gasteiger partial charge < -0.3 is 5.73 Å². The number of fused-ring (bicyclic) bond motifs is 1. The summed E-state index contributed by atoms with van der Waals surface area (Å²) in [6, 6.07) is 10.8. The van der Waals surface area contributed by atoms with E-state index in [9.17, 15) is 9.59 Å². The largest absolute Gasteiger partial charge is 0.399 e. The van der Waals surface area contributed by atoms with Crippen LogP contribution in [0.15, 0.2) is 36.4 Å². The number of imide groups is 1. The molecule has 1 aliphatic heterocycles. The predicted molar refractivity (Wildman–Crippen MR) is 87.2 cm³/mol. The van der Waals surface area contributed by atoms with Crippen LogP contribution in [0, 0.1) is 0 Å². The van der Waals surface area contributed by atoms with Crippen molar-refractivity contribution in [3.8, 4) is 0 Å². The number of aryl methyl sites for hydroxylation is 2. The van der Waals surface area contributed by atoms with Crippen LogP contribution in [-0.4, -0.2) is 11.8 Å². The van der Waals surface area contributed by atoms with Crippen molar-refractivity contribution < 1.29 is 9.59 Å².